The predicted octanol–water partition coefficient (Wildman–Crippen LogP) is 5.72. The van der Waals surface area contributed by atoms with Gasteiger partial charge in [0.2, 0.25) is 0 Å². The van der Waals surface area contributed by atoms with Gasteiger partial charge in [-0.25, -0.2) is 4.39 Å². The van der Waals surface area contributed by atoms with Gasteiger partial charge in [0.05, 0.1) is 12.1 Å². The molecule has 0 bridgehead atoms. The Bertz CT molecular complexity index is 938. The minimum absolute atomic E-state index is 0.308. The zero-order chi connectivity index (χ0) is 17.9. The smallest absolute Gasteiger partial charge is 0.419 e. The highest BCUT2D eigenvalue weighted by Gasteiger charge is 2.33. The molecule has 0 radical (unpaired) electrons. The number of hydrogen-bond acceptors (Lipinski definition) is 2. The van der Waals surface area contributed by atoms with Crippen molar-refractivity contribution < 1.29 is 22.0 Å². The average Bonchev–Trinajstić information content (AvgIpc) is 2.97. The highest BCUT2D eigenvalue weighted by atomic mass is 19.4. The first-order valence-electron chi connectivity index (χ1n) is 7.44. The molecule has 2 aromatic carbocycles. The number of halogens is 4. The number of benzene rings is 2. The molecule has 0 aliphatic carbocycles. The fourth-order valence-electron chi connectivity index (χ4n) is 2.36. The van der Waals surface area contributed by atoms with Crippen molar-refractivity contribution >= 4 is 23.3 Å². The second-order valence-corrected chi connectivity index (χ2v) is 5.32. The lowest BCUT2D eigenvalue weighted by Crippen LogP contribution is -2.07. The van der Waals surface area contributed by atoms with Crippen molar-refractivity contribution in [3.8, 4) is 0 Å². The molecule has 0 amide bonds. The van der Waals surface area contributed by atoms with Gasteiger partial charge in [0.15, 0.2) is 0 Å². The fraction of sp³-hybridized carbons (Fsp3) is 0.105. The molecule has 2 nitrogen and oxygen atoms in total. The summed E-state index contributed by atoms with van der Waals surface area (Å²) in [5.41, 5.74) is 0.674. The van der Waals surface area contributed by atoms with Crippen LogP contribution in [0.25, 0.3) is 17.0 Å². The van der Waals surface area contributed by atoms with E-state index >= 15 is 0 Å². The van der Waals surface area contributed by atoms with Crippen molar-refractivity contribution in [1.29, 1.82) is 0 Å². The van der Waals surface area contributed by atoms with E-state index in [1.807, 2.05) is 24.3 Å². The predicted molar refractivity (Wildman–Crippen MR) is 89.1 cm³/mol. The molecule has 3 rings (SSSR count). The van der Waals surface area contributed by atoms with Crippen LogP contribution in [-0.2, 0) is 6.18 Å². The van der Waals surface area contributed by atoms with E-state index < -0.39 is 17.6 Å². The van der Waals surface area contributed by atoms with E-state index in [0.29, 0.717) is 12.1 Å². The van der Waals surface area contributed by atoms with Crippen LogP contribution >= 0.6 is 0 Å². The van der Waals surface area contributed by atoms with Crippen LogP contribution < -0.4 is 0 Å². The minimum Gasteiger partial charge on any atom is -0.464 e. The molecule has 0 saturated heterocycles. The lowest BCUT2D eigenvalue weighted by atomic mass is 10.1. The highest BCUT2D eigenvalue weighted by molar-refractivity contribution is 5.97. The fourth-order valence-corrected chi connectivity index (χ4v) is 2.36. The maximum Gasteiger partial charge on any atom is 0.419 e. The molecule has 0 spiro atoms. The number of nitrogens with zero attached hydrogens (tertiary/aromatic N) is 1. The van der Waals surface area contributed by atoms with Gasteiger partial charge in [0.25, 0.3) is 0 Å². The van der Waals surface area contributed by atoms with Gasteiger partial charge in [-0.3, -0.25) is 4.99 Å². The first kappa shape index (κ1) is 17.0. The van der Waals surface area contributed by atoms with Crippen LogP contribution in [0.15, 0.2) is 64.2 Å². The number of para-hydroxylation sites is 1. The van der Waals surface area contributed by atoms with Crippen LogP contribution in [0.2, 0.25) is 0 Å². The van der Waals surface area contributed by atoms with Crippen LogP contribution in [0.3, 0.4) is 0 Å². The standard InChI is InChI=1S/C19H13F4NO/c20-17-10-13(7-8-16(17)19(21,22)23)4-3-9-24-11-14-12-25-18-6-2-1-5-15(14)18/h1-8,10-12H,9H2. The summed E-state index contributed by atoms with van der Waals surface area (Å²) < 4.78 is 56.3. The molecule has 6 heteroatoms. The molecule has 1 heterocycles. The summed E-state index contributed by atoms with van der Waals surface area (Å²) in [6.45, 7) is 0.308. The lowest BCUT2D eigenvalue weighted by molar-refractivity contribution is -0.140. The van der Waals surface area contributed by atoms with Gasteiger partial charge in [-0.2, -0.15) is 13.2 Å². The quantitative estimate of drug-likeness (QED) is 0.437. The molecule has 0 aliphatic rings. The molecule has 0 fully saturated rings. The lowest BCUT2D eigenvalue weighted by Gasteiger charge is -2.07. The van der Waals surface area contributed by atoms with E-state index in [9.17, 15) is 17.6 Å². The Morgan fingerprint density at radius 1 is 1.08 bits per heavy atom. The van der Waals surface area contributed by atoms with Crippen molar-refractivity contribution in [2.24, 2.45) is 4.99 Å². The zero-order valence-corrected chi connectivity index (χ0v) is 12.9. The van der Waals surface area contributed by atoms with Gasteiger partial charge in [-0.05, 0) is 23.8 Å². The maximum absolute atomic E-state index is 13.5. The summed E-state index contributed by atoms with van der Waals surface area (Å²) >= 11 is 0. The summed E-state index contributed by atoms with van der Waals surface area (Å²) in [5.74, 6) is -1.29. The number of alkyl halides is 3. The first-order valence-corrected chi connectivity index (χ1v) is 7.44. The Morgan fingerprint density at radius 3 is 2.64 bits per heavy atom. The summed E-state index contributed by atoms with van der Waals surface area (Å²) in [5, 5.41) is 0.944. The highest BCUT2D eigenvalue weighted by Crippen LogP contribution is 2.31. The molecule has 0 aliphatic heterocycles. The second-order valence-electron chi connectivity index (χ2n) is 5.32. The summed E-state index contributed by atoms with van der Waals surface area (Å²) in [7, 11) is 0. The third-order valence-electron chi connectivity index (χ3n) is 3.56. The van der Waals surface area contributed by atoms with Crippen LogP contribution in [0.5, 0.6) is 0 Å². The molecular weight excluding hydrogens is 334 g/mol. The van der Waals surface area contributed by atoms with E-state index in [1.54, 1.807) is 18.6 Å². The van der Waals surface area contributed by atoms with Gasteiger partial charge >= 0.3 is 6.18 Å². The van der Waals surface area contributed by atoms with Crippen LogP contribution in [0.4, 0.5) is 17.6 Å². The average molecular weight is 347 g/mol. The van der Waals surface area contributed by atoms with Gasteiger partial charge in [-0.1, -0.05) is 36.4 Å². The molecule has 25 heavy (non-hydrogen) atoms. The topological polar surface area (TPSA) is 25.5 Å². The summed E-state index contributed by atoms with van der Waals surface area (Å²) in [6, 6.07) is 10.3. The molecule has 3 aromatic rings. The monoisotopic (exact) mass is 347 g/mol. The third-order valence-corrected chi connectivity index (χ3v) is 3.56. The Morgan fingerprint density at radius 2 is 1.88 bits per heavy atom. The van der Waals surface area contributed by atoms with Crippen molar-refractivity contribution in [2.75, 3.05) is 6.54 Å². The second kappa shape index (κ2) is 6.93. The molecule has 0 unspecified atom stereocenters. The molecule has 0 saturated carbocycles. The molecule has 128 valence electrons. The van der Waals surface area contributed by atoms with Crippen LogP contribution in [0, 0.1) is 5.82 Å². The van der Waals surface area contributed by atoms with Gasteiger partial charge in [0, 0.05) is 17.2 Å². The van der Waals surface area contributed by atoms with Crippen LogP contribution in [0.1, 0.15) is 16.7 Å². The summed E-state index contributed by atoms with van der Waals surface area (Å²) in [4.78, 5) is 4.21. The van der Waals surface area contributed by atoms with Gasteiger partial charge in [0.1, 0.15) is 17.7 Å². The largest absolute Gasteiger partial charge is 0.464 e. The normalized spacial score (nSPS) is 12.6. The molecule has 0 N–H and O–H groups in total. The van der Waals surface area contributed by atoms with Crippen molar-refractivity contribution in [3.63, 3.8) is 0 Å². The number of rotatable bonds is 4. The van der Waals surface area contributed by atoms with Crippen molar-refractivity contribution in [3.05, 3.63) is 77.3 Å². The van der Waals surface area contributed by atoms with Gasteiger partial charge in [-0.15, -0.1) is 0 Å². The van der Waals surface area contributed by atoms with Crippen molar-refractivity contribution in [1.82, 2.24) is 0 Å². The summed E-state index contributed by atoms with van der Waals surface area (Å²) in [6.07, 6.45) is 1.73. The van der Waals surface area contributed by atoms with E-state index in [-0.39, 0.29) is 0 Å². The van der Waals surface area contributed by atoms with E-state index in [2.05, 4.69) is 4.99 Å². The molecule has 1 aromatic heterocycles. The zero-order valence-electron chi connectivity index (χ0n) is 12.9. The van der Waals surface area contributed by atoms with Crippen LogP contribution in [-0.4, -0.2) is 12.8 Å². The Balaban J connectivity index is 1.65. The SMILES string of the molecule is Fc1cc(C=CCN=Cc2coc3ccccc23)ccc1C(F)(F)F. The minimum atomic E-state index is -4.69. The Labute approximate surface area is 141 Å². The molecular formula is C19H13F4NO. The van der Waals surface area contributed by atoms with Gasteiger partial charge < -0.3 is 4.42 Å². The Kier molecular flexibility index (Phi) is 4.70. The Hall–Kier alpha value is -2.89. The first-order chi connectivity index (χ1) is 11.9. The molecule has 0 atom stereocenters. The van der Waals surface area contributed by atoms with E-state index in [1.165, 1.54) is 12.1 Å². The number of fused-ring (bicyclic) bond motifs is 1. The van der Waals surface area contributed by atoms with Crippen molar-refractivity contribution in [2.45, 2.75) is 6.18 Å². The number of furan rings is 1. The third kappa shape index (κ3) is 3.96. The maximum atomic E-state index is 13.5. The number of aliphatic imine (C=N–C) groups is 1. The van der Waals surface area contributed by atoms with E-state index in [4.69, 9.17) is 4.42 Å². The van der Waals surface area contributed by atoms with E-state index in [0.717, 1.165) is 28.7 Å². The number of hydrogen-bond donors (Lipinski definition) is 0.